The van der Waals surface area contributed by atoms with E-state index in [0.717, 1.165) is 49.1 Å². The summed E-state index contributed by atoms with van der Waals surface area (Å²) in [5, 5.41) is 11.5. The molecular formula is C23H31ClN4O. The average Bonchev–Trinajstić information content (AvgIpc) is 2.76. The fraction of sp³-hybridized carbons (Fsp3) is 0.435. The van der Waals surface area contributed by atoms with Gasteiger partial charge in [-0.3, -0.25) is 4.99 Å². The van der Waals surface area contributed by atoms with Gasteiger partial charge in [0.15, 0.2) is 5.96 Å². The number of benzene rings is 2. The summed E-state index contributed by atoms with van der Waals surface area (Å²) in [5.41, 5.74) is 2.42. The number of ether oxygens (including phenoxy) is 1. The maximum absolute atomic E-state index is 5.96. The van der Waals surface area contributed by atoms with Gasteiger partial charge in [0.1, 0.15) is 0 Å². The standard InChI is InChI=1S/C23H31ClN4O/c1-18(20-6-4-3-5-7-20)28-23(12-14-29-15-13-23)17-27-22(25-2)26-16-19-8-10-21(24)11-9-19/h3-11,18,28H,12-17H2,1-2H3,(H2,25,26,27). The van der Waals surface area contributed by atoms with E-state index in [4.69, 9.17) is 16.3 Å². The van der Waals surface area contributed by atoms with E-state index in [1.54, 1.807) is 7.05 Å². The Labute approximate surface area is 178 Å². The van der Waals surface area contributed by atoms with Gasteiger partial charge in [0.2, 0.25) is 0 Å². The summed E-state index contributed by atoms with van der Waals surface area (Å²) in [7, 11) is 1.80. The molecule has 1 aliphatic rings. The Morgan fingerprint density at radius 1 is 1.07 bits per heavy atom. The molecule has 1 aliphatic heterocycles. The molecule has 0 aliphatic carbocycles. The second-order valence-corrected chi connectivity index (χ2v) is 8.01. The molecule has 156 valence electrons. The zero-order valence-electron chi connectivity index (χ0n) is 17.2. The van der Waals surface area contributed by atoms with Gasteiger partial charge in [-0.15, -0.1) is 0 Å². The summed E-state index contributed by atoms with van der Waals surface area (Å²) in [6.07, 6.45) is 1.93. The molecule has 1 heterocycles. The smallest absolute Gasteiger partial charge is 0.191 e. The molecule has 0 aromatic heterocycles. The van der Waals surface area contributed by atoms with Gasteiger partial charge in [0, 0.05) is 50.0 Å². The summed E-state index contributed by atoms with van der Waals surface area (Å²) < 4.78 is 5.64. The molecule has 29 heavy (non-hydrogen) atoms. The molecule has 2 aromatic carbocycles. The number of halogens is 1. The Bertz CT molecular complexity index is 773. The van der Waals surface area contributed by atoms with Crippen molar-refractivity contribution in [3.8, 4) is 0 Å². The molecule has 1 unspecified atom stereocenters. The monoisotopic (exact) mass is 414 g/mol. The minimum Gasteiger partial charge on any atom is -0.381 e. The Morgan fingerprint density at radius 2 is 1.76 bits per heavy atom. The first-order valence-electron chi connectivity index (χ1n) is 10.2. The van der Waals surface area contributed by atoms with Crippen LogP contribution in [0.4, 0.5) is 0 Å². The molecule has 3 rings (SSSR count). The van der Waals surface area contributed by atoms with E-state index in [9.17, 15) is 0 Å². The number of guanidine groups is 1. The van der Waals surface area contributed by atoms with Crippen LogP contribution in [-0.2, 0) is 11.3 Å². The van der Waals surface area contributed by atoms with Crippen LogP contribution in [0.2, 0.25) is 5.02 Å². The molecule has 0 radical (unpaired) electrons. The van der Waals surface area contributed by atoms with Crippen molar-refractivity contribution in [3.63, 3.8) is 0 Å². The highest BCUT2D eigenvalue weighted by atomic mass is 35.5. The highest BCUT2D eigenvalue weighted by Gasteiger charge is 2.34. The topological polar surface area (TPSA) is 57.7 Å². The van der Waals surface area contributed by atoms with E-state index in [0.29, 0.717) is 6.54 Å². The molecule has 1 fully saturated rings. The quantitative estimate of drug-likeness (QED) is 0.475. The van der Waals surface area contributed by atoms with Gasteiger partial charge < -0.3 is 20.7 Å². The van der Waals surface area contributed by atoms with Gasteiger partial charge in [-0.25, -0.2) is 0 Å². The summed E-state index contributed by atoms with van der Waals surface area (Å²) in [6, 6.07) is 18.7. The van der Waals surface area contributed by atoms with E-state index in [1.165, 1.54) is 5.56 Å². The Hall–Kier alpha value is -2.08. The van der Waals surface area contributed by atoms with E-state index < -0.39 is 0 Å². The van der Waals surface area contributed by atoms with Gasteiger partial charge in [-0.1, -0.05) is 54.1 Å². The molecule has 0 spiro atoms. The van der Waals surface area contributed by atoms with Crippen molar-refractivity contribution in [2.75, 3.05) is 26.8 Å². The second-order valence-electron chi connectivity index (χ2n) is 7.58. The molecule has 0 saturated carbocycles. The predicted octanol–water partition coefficient (Wildman–Crippen LogP) is 3.91. The van der Waals surface area contributed by atoms with Gasteiger partial charge in [-0.05, 0) is 43.0 Å². The van der Waals surface area contributed by atoms with Crippen molar-refractivity contribution in [1.29, 1.82) is 0 Å². The maximum atomic E-state index is 5.96. The first-order chi connectivity index (χ1) is 14.1. The van der Waals surface area contributed by atoms with E-state index in [2.05, 4.69) is 58.2 Å². The Kier molecular flexibility index (Phi) is 7.92. The minimum absolute atomic E-state index is 0.0363. The number of rotatable bonds is 7. The third kappa shape index (κ3) is 6.46. The minimum atomic E-state index is -0.0363. The molecule has 1 atom stereocenters. The molecule has 6 heteroatoms. The maximum Gasteiger partial charge on any atom is 0.191 e. The van der Waals surface area contributed by atoms with Crippen LogP contribution in [0.5, 0.6) is 0 Å². The molecule has 5 nitrogen and oxygen atoms in total. The summed E-state index contributed by atoms with van der Waals surface area (Å²) in [4.78, 5) is 4.38. The molecule has 1 saturated heterocycles. The lowest BCUT2D eigenvalue weighted by Gasteiger charge is -2.41. The molecule has 3 N–H and O–H groups in total. The second kappa shape index (κ2) is 10.6. The van der Waals surface area contributed by atoms with Crippen LogP contribution in [0.1, 0.15) is 36.9 Å². The summed E-state index contributed by atoms with van der Waals surface area (Å²) in [6.45, 7) is 5.24. The zero-order valence-corrected chi connectivity index (χ0v) is 18.0. The van der Waals surface area contributed by atoms with Crippen molar-refractivity contribution in [3.05, 3.63) is 70.7 Å². The van der Waals surface area contributed by atoms with Crippen LogP contribution in [-0.4, -0.2) is 38.3 Å². The van der Waals surface area contributed by atoms with Crippen LogP contribution in [0, 0.1) is 0 Å². The molecular weight excluding hydrogens is 384 g/mol. The van der Waals surface area contributed by atoms with Crippen LogP contribution in [0.3, 0.4) is 0 Å². The van der Waals surface area contributed by atoms with Crippen molar-refractivity contribution >= 4 is 17.6 Å². The molecule has 0 amide bonds. The van der Waals surface area contributed by atoms with Crippen LogP contribution >= 0.6 is 11.6 Å². The number of nitrogens with zero attached hydrogens (tertiary/aromatic N) is 1. The molecule has 0 bridgehead atoms. The lowest BCUT2D eigenvalue weighted by atomic mass is 9.88. The lowest BCUT2D eigenvalue weighted by molar-refractivity contribution is 0.0355. The third-order valence-electron chi connectivity index (χ3n) is 5.46. The highest BCUT2D eigenvalue weighted by Crippen LogP contribution is 2.25. The average molecular weight is 415 g/mol. The first-order valence-corrected chi connectivity index (χ1v) is 10.6. The normalized spacial score (nSPS) is 17.6. The van der Waals surface area contributed by atoms with Crippen LogP contribution in [0.15, 0.2) is 59.6 Å². The largest absolute Gasteiger partial charge is 0.381 e. The zero-order chi connectivity index (χ0) is 20.5. The third-order valence-corrected chi connectivity index (χ3v) is 5.72. The fourth-order valence-corrected chi connectivity index (χ4v) is 3.81. The van der Waals surface area contributed by atoms with Crippen LogP contribution < -0.4 is 16.0 Å². The predicted molar refractivity (Wildman–Crippen MR) is 120 cm³/mol. The Morgan fingerprint density at radius 3 is 2.41 bits per heavy atom. The van der Waals surface area contributed by atoms with Gasteiger partial charge in [-0.2, -0.15) is 0 Å². The highest BCUT2D eigenvalue weighted by molar-refractivity contribution is 6.30. The molecule has 2 aromatic rings. The van der Waals surface area contributed by atoms with E-state index in [-0.39, 0.29) is 11.6 Å². The van der Waals surface area contributed by atoms with Gasteiger partial charge in [0.25, 0.3) is 0 Å². The summed E-state index contributed by atoms with van der Waals surface area (Å²) in [5.74, 6) is 0.792. The number of nitrogens with one attached hydrogen (secondary N) is 3. The number of hydrogen-bond donors (Lipinski definition) is 3. The lowest BCUT2D eigenvalue weighted by Crippen LogP contribution is -2.58. The van der Waals surface area contributed by atoms with Crippen LogP contribution in [0.25, 0.3) is 0 Å². The SMILES string of the molecule is CN=C(NCc1ccc(Cl)cc1)NCC1(NC(C)c2ccccc2)CCOCC1. The number of hydrogen-bond acceptors (Lipinski definition) is 3. The van der Waals surface area contributed by atoms with Crippen molar-refractivity contribution in [2.24, 2.45) is 4.99 Å². The summed E-state index contributed by atoms with van der Waals surface area (Å²) >= 11 is 5.96. The van der Waals surface area contributed by atoms with Crippen molar-refractivity contribution < 1.29 is 4.74 Å². The fourth-order valence-electron chi connectivity index (χ4n) is 3.68. The van der Waals surface area contributed by atoms with Crippen molar-refractivity contribution in [1.82, 2.24) is 16.0 Å². The number of aliphatic imine (C=N–C) groups is 1. The van der Waals surface area contributed by atoms with E-state index in [1.807, 2.05) is 24.3 Å². The van der Waals surface area contributed by atoms with E-state index >= 15 is 0 Å². The Balaban J connectivity index is 1.59. The van der Waals surface area contributed by atoms with Gasteiger partial charge >= 0.3 is 0 Å². The van der Waals surface area contributed by atoms with Gasteiger partial charge in [0.05, 0.1) is 0 Å². The van der Waals surface area contributed by atoms with Crippen molar-refractivity contribution in [2.45, 2.75) is 37.9 Å². The first kappa shape index (κ1) is 21.6.